The molecule has 0 saturated carbocycles. The summed E-state index contributed by atoms with van der Waals surface area (Å²) in [5, 5.41) is 0.438. The van der Waals surface area contributed by atoms with Gasteiger partial charge in [-0.2, -0.15) is 0 Å². The number of thiazole rings is 1. The molecule has 2 fully saturated rings. The first-order valence-corrected chi connectivity index (χ1v) is 13.2. The number of halogens is 1. The van der Waals surface area contributed by atoms with Gasteiger partial charge in [0, 0.05) is 18.5 Å². The average molecular weight is 557 g/mol. The first kappa shape index (κ1) is 23.8. The molecule has 1 aromatic carbocycles. The number of benzene rings is 1. The molecular formula is C21H21BrN2O7S2. The van der Waals surface area contributed by atoms with Gasteiger partial charge in [-0.3, -0.25) is 9.59 Å². The van der Waals surface area contributed by atoms with Crippen LogP contribution in [0.5, 0.6) is 0 Å². The molecule has 1 aromatic heterocycles. The van der Waals surface area contributed by atoms with Gasteiger partial charge in [0.1, 0.15) is 22.4 Å². The van der Waals surface area contributed by atoms with Gasteiger partial charge < -0.3 is 14.4 Å². The minimum absolute atomic E-state index is 0.0619. The summed E-state index contributed by atoms with van der Waals surface area (Å²) in [6.45, 7) is 3.88. The lowest BCUT2D eigenvalue weighted by atomic mass is 9.87. The summed E-state index contributed by atoms with van der Waals surface area (Å²) in [5.41, 5.74) is 0.726. The van der Waals surface area contributed by atoms with Gasteiger partial charge in [0.05, 0.1) is 0 Å². The second kappa shape index (κ2) is 8.17. The zero-order chi connectivity index (χ0) is 24.2. The summed E-state index contributed by atoms with van der Waals surface area (Å²) < 4.78 is 34.5. The summed E-state index contributed by atoms with van der Waals surface area (Å²) >= 11 is 4.43. The lowest BCUT2D eigenvalue weighted by molar-refractivity contribution is -0.173. The highest BCUT2D eigenvalue weighted by Gasteiger charge is 2.80. The summed E-state index contributed by atoms with van der Waals surface area (Å²) in [4.78, 5) is 43.4. The second-order valence-electron chi connectivity index (χ2n) is 8.34. The van der Waals surface area contributed by atoms with Gasteiger partial charge in [0.25, 0.3) is 0 Å². The van der Waals surface area contributed by atoms with E-state index in [2.05, 4.69) is 20.9 Å². The van der Waals surface area contributed by atoms with Gasteiger partial charge in [-0.05, 0) is 19.4 Å². The molecule has 2 aliphatic heterocycles. The second-order valence-corrected chi connectivity index (χ2v) is 13.2. The van der Waals surface area contributed by atoms with Crippen LogP contribution in [0.1, 0.15) is 37.4 Å². The van der Waals surface area contributed by atoms with E-state index in [9.17, 15) is 22.8 Å². The molecule has 0 N–H and O–H groups in total. The Bertz CT molecular complexity index is 1200. The molecule has 4 rings (SSSR count). The topological polar surface area (TPSA) is 120 Å². The van der Waals surface area contributed by atoms with Crippen LogP contribution < -0.4 is 0 Å². The van der Waals surface area contributed by atoms with Crippen molar-refractivity contribution in [2.24, 2.45) is 0 Å². The number of hydrogen-bond acceptors (Lipinski definition) is 9. The van der Waals surface area contributed by atoms with Crippen molar-refractivity contribution in [1.29, 1.82) is 0 Å². The lowest BCUT2D eigenvalue weighted by Gasteiger charge is -2.51. The summed E-state index contributed by atoms with van der Waals surface area (Å²) in [6.07, 6.45) is 0.179. The number of esters is 2. The number of rotatable bonds is 6. The summed E-state index contributed by atoms with van der Waals surface area (Å²) in [5.74, 6) is -2.21. The van der Waals surface area contributed by atoms with Crippen molar-refractivity contribution in [1.82, 2.24) is 9.88 Å². The number of aromatic nitrogens is 1. The molecule has 0 aliphatic carbocycles. The number of β-lactam (4-membered cyclic amide) rings is 1. The van der Waals surface area contributed by atoms with E-state index in [0.29, 0.717) is 0 Å². The van der Waals surface area contributed by atoms with Crippen LogP contribution in [-0.4, -0.2) is 56.6 Å². The van der Waals surface area contributed by atoms with Crippen LogP contribution >= 0.6 is 27.3 Å². The molecule has 176 valence electrons. The van der Waals surface area contributed by atoms with E-state index in [0.717, 1.165) is 28.7 Å². The maximum absolute atomic E-state index is 13.6. The number of ether oxygens (including phenoxy) is 2. The van der Waals surface area contributed by atoms with Gasteiger partial charge in [-0.25, -0.2) is 18.2 Å². The number of nitrogens with zero attached hydrogens (tertiary/aromatic N) is 2. The molecule has 0 bridgehead atoms. The normalized spacial score (nSPS) is 27.9. The van der Waals surface area contributed by atoms with Crippen LogP contribution in [0.3, 0.4) is 0 Å². The first-order valence-electron chi connectivity index (χ1n) is 9.96. The van der Waals surface area contributed by atoms with Crippen LogP contribution in [-0.2, 0) is 40.3 Å². The Labute approximate surface area is 203 Å². The van der Waals surface area contributed by atoms with E-state index in [1.807, 2.05) is 6.07 Å². The van der Waals surface area contributed by atoms with Gasteiger partial charge in [-0.15, -0.1) is 11.3 Å². The molecule has 4 atom stereocenters. The predicted molar refractivity (Wildman–Crippen MR) is 122 cm³/mol. The summed E-state index contributed by atoms with van der Waals surface area (Å²) in [7, 11) is -4.11. The fraction of sp³-hybridized carbons (Fsp3) is 0.429. The van der Waals surface area contributed by atoms with E-state index in [4.69, 9.17) is 9.47 Å². The van der Waals surface area contributed by atoms with Gasteiger partial charge in [0.2, 0.25) is 5.91 Å². The maximum atomic E-state index is 13.6. The molecule has 1 amide bonds. The third-order valence-corrected chi connectivity index (χ3v) is 11.1. The van der Waals surface area contributed by atoms with Crippen LogP contribution in [0, 0.1) is 0 Å². The number of amides is 1. The Balaban J connectivity index is 1.69. The Morgan fingerprint density at radius 1 is 1.27 bits per heavy atom. The number of carbonyl (C=O) groups is 3. The van der Waals surface area contributed by atoms with Crippen LogP contribution in [0.4, 0.5) is 0 Å². The van der Waals surface area contributed by atoms with Crippen LogP contribution in [0.25, 0.3) is 0 Å². The molecule has 12 heteroatoms. The SMILES string of the molecule is CC(=O)OC(c1nccs1)[C@]1(Br)C(=O)N2[C@@H](C(=O)OCc3ccccc3)C(C)(C)S(=O)(=O)[C@@H]21. The Kier molecular flexibility index (Phi) is 5.90. The smallest absolute Gasteiger partial charge is 0.330 e. The summed E-state index contributed by atoms with van der Waals surface area (Å²) in [6, 6.07) is 7.57. The average Bonchev–Trinajstić information content (AvgIpc) is 3.34. The van der Waals surface area contributed by atoms with Gasteiger partial charge in [0.15, 0.2) is 25.6 Å². The first-order chi connectivity index (χ1) is 15.4. The minimum atomic E-state index is -4.11. The fourth-order valence-electron chi connectivity index (χ4n) is 4.24. The number of alkyl halides is 1. The largest absolute Gasteiger partial charge is 0.459 e. The van der Waals surface area contributed by atoms with E-state index in [-0.39, 0.29) is 11.6 Å². The van der Waals surface area contributed by atoms with Crippen LogP contribution in [0.2, 0.25) is 0 Å². The van der Waals surface area contributed by atoms with Crippen LogP contribution in [0.15, 0.2) is 41.9 Å². The van der Waals surface area contributed by atoms with Gasteiger partial charge in [-0.1, -0.05) is 46.3 Å². The molecule has 9 nitrogen and oxygen atoms in total. The monoisotopic (exact) mass is 556 g/mol. The molecule has 2 aromatic rings. The van der Waals surface area contributed by atoms with Crippen molar-refractivity contribution in [3.05, 3.63) is 52.5 Å². The number of hydrogen-bond donors (Lipinski definition) is 0. The van der Waals surface area contributed by atoms with E-state index >= 15 is 0 Å². The zero-order valence-electron chi connectivity index (χ0n) is 17.9. The van der Waals surface area contributed by atoms with Crippen molar-refractivity contribution >= 4 is 54.9 Å². The predicted octanol–water partition coefficient (Wildman–Crippen LogP) is 2.37. The van der Waals surface area contributed by atoms with Crippen molar-refractivity contribution in [2.75, 3.05) is 0 Å². The number of sulfone groups is 1. The number of fused-ring (bicyclic) bond motifs is 1. The Hall–Kier alpha value is -2.31. The Morgan fingerprint density at radius 2 is 1.94 bits per heavy atom. The highest BCUT2D eigenvalue weighted by atomic mass is 79.9. The Morgan fingerprint density at radius 3 is 2.52 bits per heavy atom. The van der Waals surface area contributed by atoms with Crippen molar-refractivity contribution in [3.8, 4) is 0 Å². The van der Waals surface area contributed by atoms with E-state index < -0.39 is 54.3 Å². The molecule has 0 spiro atoms. The highest BCUT2D eigenvalue weighted by Crippen LogP contribution is 2.59. The quantitative estimate of drug-likeness (QED) is 0.302. The molecule has 33 heavy (non-hydrogen) atoms. The number of carbonyl (C=O) groups excluding carboxylic acids is 3. The molecule has 2 saturated heterocycles. The maximum Gasteiger partial charge on any atom is 0.330 e. The van der Waals surface area contributed by atoms with E-state index in [1.165, 1.54) is 20.0 Å². The molecule has 3 heterocycles. The van der Waals surface area contributed by atoms with Crippen molar-refractivity contribution < 1.29 is 32.3 Å². The van der Waals surface area contributed by atoms with Crippen molar-refractivity contribution in [3.63, 3.8) is 0 Å². The van der Waals surface area contributed by atoms with Gasteiger partial charge >= 0.3 is 11.9 Å². The standard InChI is InChI=1S/C21H21BrN2O7S2/c1-12(25)31-15(16-23-9-10-32-16)21(22)18(27)24-14(20(2,3)33(28,29)19(21)24)17(26)30-11-13-7-5-4-6-8-13/h4-10,14-15,19H,11H2,1-3H3/t14-,15?,19+,21-/m0/s1. The lowest BCUT2D eigenvalue weighted by Crippen LogP contribution is -2.74. The van der Waals surface area contributed by atoms with Crippen molar-refractivity contribution in [2.45, 2.75) is 54.0 Å². The van der Waals surface area contributed by atoms with E-state index in [1.54, 1.807) is 29.6 Å². The molecule has 1 unspecified atom stereocenters. The molecule has 2 aliphatic rings. The molecule has 0 radical (unpaired) electrons. The third kappa shape index (κ3) is 3.50. The third-order valence-electron chi connectivity index (χ3n) is 5.93. The molecular weight excluding hydrogens is 536 g/mol. The minimum Gasteiger partial charge on any atom is -0.459 e. The highest BCUT2D eigenvalue weighted by molar-refractivity contribution is 9.10. The fourth-order valence-corrected chi connectivity index (χ4v) is 8.90. The zero-order valence-corrected chi connectivity index (χ0v) is 21.1.